The van der Waals surface area contributed by atoms with Gasteiger partial charge < -0.3 is 10.2 Å². The first-order valence-corrected chi connectivity index (χ1v) is 6.61. The molecule has 0 unspecified atom stereocenters. The van der Waals surface area contributed by atoms with Crippen LogP contribution in [0, 0.1) is 6.92 Å². The fourth-order valence-electron chi connectivity index (χ4n) is 2.52. The predicted molar refractivity (Wildman–Crippen MR) is 77.5 cm³/mol. The van der Waals surface area contributed by atoms with Crippen LogP contribution in [0.15, 0.2) is 30.3 Å². The lowest BCUT2D eigenvalue weighted by atomic mass is 10.00. The van der Waals surface area contributed by atoms with Crippen molar-refractivity contribution >= 4 is 11.8 Å². The van der Waals surface area contributed by atoms with Crippen LogP contribution in [0.5, 0.6) is 0 Å². The highest BCUT2D eigenvalue weighted by Gasteiger charge is 2.17. The molecular weight excluding hydrogens is 236 g/mol. The summed E-state index contributed by atoms with van der Waals surface area (Å²) in [5.74, 6) is 1.69. The number of nitrogens with zero attached hydrogens (tertiary/aromatic N) is 3. The highest BCUT2D eigenvalue weighted by atomic mass is 15.2. The lowest BCUT2D eigenvalue weighted by molar-refractivity contribution is 0.719. The molecule has 0 atom stereocenters. The summed E-state index contributed by atoms with van der Waals surface area (Å²) in [6, 6.07) is 10.7. The van der Waals surface area contributed by atoms with Crippen LogP contribution < -0.4 is 10.2 Å². The van der Waals surface area contributed by atoms with Crippen LogP contribution in [-0.4, -0.2) is 23.6 Å². The maximum Gasteiger partial charge on any atom is 0.224 e. The highest BCUT2D eigenvalue weighted by molar-refractivity contribution is 5.47. The van der Waals surface area contributed by atoms with Gasteiger partial charge in [-0.05, 0) is 24.5 Å². The minimum absolute atomic E-state index is 0.689. The van der Waals surface area contributed by atoms with E-state index in [0.717, 1.165) is 31.0 Å². The summed E-state index contributed by atoms with van der Waals surface area (Å²) in [6.45, 7) is 3.94. The molecule has 0 amide bonds. The Balaban J connectivity index is 1.90. The SMILES string of the molecule is CNc1nc(C)cc(N2CCc3ccccc3C2)n1. The standard InChI is InChI=1S/C15H18N4/c1-11-9-14(18-15(16-2)17-11)19-8-7-12-5-3-4-6-13(12)10-19/h3-6,9H,7-8,10H2,1-2H3,(H,16,17,18). The number of fused-ring (bicyclic) bond motifs is 1. The number of hydrogen-bond acceptors (Lipinski definition) is 4. The van der Waals surface area contributed by atoms with Crippen molar-refractivity contribution in [3.63, 3.8) is 0 Å². The number of rotatable bonds is 2. The molecule has 0 bridgehead atoms. The lowest BCUT2D eigenvalue weighted by Gasteiger charge is -2.30. The van der Waals surface area contributed by atoms with E-state index in [1.807, 2.05) is 14.0 Å². The molecule has 2 heterocycles. The summed E-state index contributed by atoms with van der Waals surface area (Å²) >= 11 is 0. The molecule has 0 aliphatic carbocycles. The average molecular weight is 254 g/mol. The van der Waals surface area contributed by atoms with E-state index in [-0.39, 0.29) is 0 Å². The first-order chi connectivity index (χ1) is 9.26. The Kier molecular flexibility index (Phi) is 3.07. The van der Waals surface area contributed by atoms with Crippen LogP contribution in [0.25, 0.3) is 0 Å². The van der Waals surface area contributed by atoms with Gasteiger partial charge in [-0.1, -0.05) is 24.3 Å². The molecule has 0 spiro atoms. The van der Waals surface area contributed by atoms with Gasteiger partial charge in [-0.3, -0.25) is 0 Å². The van der Waals surface area contributed by atoms with Gasteiger partial charge in [-0.2, -0.15) is 4.98 Å². The molecule has 0 radical (unpaired) electrons. The third-order valence-electron chi connectivity index (χ3n) is 3.52. The van der Waals surface area contributed by atoms with E-state index in [2.05, 4.69) is 50.5 Å². The summed E-state index contributed by atoms with van der Waals surface area (Å²) in [6.07, 6.45) is 1.08. The van der Waals surface area contributed by atoms with Crippen LogP contribution >= 0.6 is 0 Å². The molecular formula is C15H18N4. The Morgan fingerprint density at radius 3 is 2.74 bits per heavy atom. The molecule has 4 nitrogen and oxygen atoms in total. The van der Waals surface area contributed by atoms with Gasteiger partial charge in [0, 0.05) is 31.9 Å². The van der Waals surface area contributed by atoms with Gasteiger partial charge >= 0.3 is 0 Å². The van der Waals surface area contributed by atoms with Crippen molar-refractivity contribution in [3.8, 4) is 0 Å². The second-order valence-electron chi connectivity index (χ2n) is 4.88. The number of benzene rings is 1. The van der Waals surface area contributed by atoms with E-state index in [0.29, 0.717) is 5.95 Å². The molecule has 2 aromatic rings. The predicted octanol–water partition coefficient (Wildman–Crippen LogP) is 2.39. The van der Waals surface area contributed by atoms with Crippen molar-refractivity contribution in [2.45, 2.75) is 19.9 Å². The Hall–Kier alpha value is -2.10. The molecule has 1 aromatic carbocycles. The number of aryl methyl sites for hydroxylation is 1. The smallest absolute Gasteiger partial charge is 0.224 e. The largest absolute Gasteiger partial charge is 0.357 e. The average Bonchev–Trinajstić information content (AvgIpc) is 2.46. The normalized spacial score (nSPS) is 14.1. The quantitative estimate of drug-likeness (QED) is 0.893. The van der Waals surface area contributed by atoms with Crippen LogP contribution in [-0.2, 0) is 13.0 Å². The van der Waals surface area contributed by atoms with Crippen LogP contribution in [0.3, 0.4) is 0 Å². The summed E-state index contributed by atoms with van der Waals surface area (Å²) in [7, 11) is 1.85. The molecule has 98 valence electrons. The Morgan fingerprint density at radius 2 is 1.95 bits per heavy atom. The number of hydrogen-bond donors (Lipinski definition) is 1. The molecule has 1 N–H and O–H groups in total. The zero-order valence-electron chi connectivity index (χ0n) is 11.3. The zero-order chi connectivity index (χ0) is 13.2. The minimum Gasteiger partial charge on any atom is -0.357 e. The molecule has 1 aliphatic rings. The fourth-order valence-corrected chi connectivity index (χ4v) is 2.52. The number of nitrogens with one attached hydrogen (secondary N) is 1. The Labute approximate surface area is 113 Å². The minimum atomic E-state index is 0.689. The Bertz CT molecular complexity index is 594. The van der Waals surface area contributed by atoms with Gasteiger partial charge in [0.1, 0.15) is 5.82 Å². The van der Waals surface area contributed by atoms with E-state index in [4.69, 9.17) is 0 Å². The molecule has 0 fully saturated rings. The monoisotopic (exact) mass is 254 g/mol. The van der Waals surface area contributed by atoms with E-state index in [1.54, 1.807) is 0 Å². The van der Waals surface area contributed by atoms with Crippen molar-refractivity contribution < 1.29 is 0 Å². The second-order valence-corrected chi connectivity index (χ2v) is 4.88. The molecule has 19 heavy (non-hydrogen) atoms. The summed E-state index contributed by atoms with van der Waals surface area (Å²) in [5, 5.41) is 3.02. The first kappa shape index (κ1) is 12.0. The molecule has 1 aliphatic heterocycles. The second kappa shape index (κ2) is 4.88. The van der Waals surface area contributed by atoms with Crippen LogP contribution in [0.1, 0.15) is 16.8 Å². The molecule has 0 saturated carbocycles. The molecule has 4 heteroatoms. The van der Waals surface area contributed by atoms with Gasteiger partial charge in [0.05, 0.1) is 0 Å². The zero-order valence-corrected chi connectivity index (χ0v) is 11.3. The lowest BCUT2D eigenvalue weighted by Crippen LogP contribution is -2.31. The van der Waals surface area contributed by atoms with E-state index in [1.165, 1.54) is 11.1 Å². The van der Waals surface area contributed by atoms with Crippen molar-refractivity contribution in [1.29, 1.82) is 0 Å². The first-order valence-electron chi connectivity index (χ1n) is 6.61. The number of aromatic nitrogens is 2. The van der Waals surface area contributed by atoms with Crippen LogP contribution in [0.4, 0.5) is 11.8 Å². The summed E-state index contributed by atoms with van der Waals surface area (Å²) < 4.78 is 0. The van der Waals surface area contributed by atoms with Gasteiger partial charge in [0.15, 0.2) is 0 Å². The van der Waals surface area contributed by atoms with Gasteiger partial charge in [-0.25, -0.2) is 4.98 Å². The maximum absolute atomic E-state index is 4.55. The van der Waals surface area contributed by atoms with Crippen molar-refractivity contribution in [1.82, 2.24) is 9.97 Å². The third-order valence-corrected chi connectivity index (χ3v) is 3.52. The molecule has 3 rings (SSSR count). The van der Waals surface area contributed by atoms with E-state index in [9.17, 15) is 0 Å². The van der Waals surface area contributed by atoms with Crippen molar-refractivity contribution in [2.75, 3.05) is 23.8 Å². The third kappa shape index (κ3) is 2.38. The van der Waals surface area contributed by atoms with Gasteiger partial charge in [0.2, 0.25) is 5.95 Å². The summed E-state index contributed by atoms with van der Waals surface area (Å²) in [5.41, 5.74) is 3.85. The van der Waals surface area contributed by atoms with Gasteiger partial charge in [-0.15, -0.1) is 0 Å². The Morgan fingerprint density at radius 1 is 1.16 bits per heavy atom. The van der Waals surface area contributed by atoms with E-state index < -0.39 is 0 Å². The molecule has 1 aromatic heterocycles. The van der Waals surface area contributed by atoms with Crippen LogP contribution in [0.2, 0.25) is 0 Å². The van der Waals surface area contributed by atoms with Crippen molar-refractivity contribution in [3.05, 3.63) is 47.2 Å². The van der Waals surface area contributed by atoms with Gasteiger partial charge in [0.25, 0.3) is 0 Å². The summed E-state index contributed by atoms with van der Waals surface area (Å²) in [4.78, 5) is 11.2. The van der Waals surface area contributed by atoms with Crippen molar-refractivity contribution in [2.24, 2.45) is 0 Å². The fraction of sp³-hybridized carbons (Fsp3) is 0.333. The van der Waals surface area contributed by atoms with E-state index >= 15 is 0 Å². The number of anilines is 2. The highest BCUT2D eigenvalue weighted by Crippen LogP contribution is 2.23. The topological polar surface area (TPSA) is 41.1 Å². The molecule has 0 saturated heterocycles. The maximum atomic E-state index is 4.55.